The molecule has 2 aliphatic rings. The lowest BCUT2D eigenvalue weighted by molar-refractivity contribution is -0.228. The molecule has 31 heavy (non-hydrogen) atoms. The van der Waals surface area contributed by atoms with Crippen molar-refractivity contribution in [1.82, 2.24) is 15.1 Å². The Balaban J connectivity index is 1.44. The fraction of sp³-hybridized carbons (Fsp3) is 0.682. The minimum absolute atomic E-state index is 0.102. The molecule has 1 aromatic rings. The van der Waals surface area contributed by atoms with Crippen LogP contribution in [-0.4, -0.2) is 87.1 Å². The molecule has 2 heterocycles. The van der Waals surface area contributed by atoms with Gasteiger partial charge in [0.25, 0.3) is 0 Å². The molecule has 0 bridgehead atoms. The maximum Gasteiger partial charge on any atom is 0.414 e. The molecule has 2 saturated heterocycles. The van der Waals surface area contributed by atoms with E-state index in [1.807, 2.05) is 33.9 Å². The summed E-state index contributed by atoms with van der Waals surface area (Å²) in [7, 11) is 1.88. The van der Waals surface area contributed by atoms with Crippen molar-refractivity contribution in [3.05, 3.63) is 29.8 Å². The van der Waals surface area contributed by atoms with Crippen molar-refractivity contribution in [2.24, 2.45) is 0 Å². The standard InChI is InChI=1S/C22H33F3N4O2/c1-4-10-27(11-9-26-3)21(30)29-12-18(13-29)17-5-7-19(8-6-17)28-14-20(15-28)31-16(2)22(23,24)25/h5-8,16,18,20,26H,4,9-15H2,1-3H3. The third-order valence-corrected chi connectivity index (χ3v) is 5.98. The van der Waals surface area contributed by atoms with Crippen LogP contribution in [0.3, 0.4) is 0 Å². The van der Waals surface area contributed by atoms with Crippen LogP contribution in [0.15, 0.2) is 24.3 Å². The smallest absolute Gasteiger partial charge is 0.366 e. The molecule has 0 saturated carbocycles. The molecular weight excluding hydrogens is 409 g/mol. The summed E-state index contributed by atoms with van der Waals surface area (Å²) in [6.45, 7) is 7.73. The highest BCUT2D eigenvalue weighted by atomic mass is 19.4. The lowest BCUT2D eigenvalue weighted by Gasteiger charge is -2.43. The minimum atomic E-state index is -4.32. The van der Waals surface area contributed by atoms with Crippen LogP contribution in [0.1, 0.15) is 31.7 Å². The number of likely N-dealkylation sites (N-methyl/N-ethyl adjacent to an activating group) is 1. The summed E-state index contributed by atoms with van der Waals surface area (Å²) in [5.41, 5.74) is 2.17. The second-order valence-electron chi connectivity index (χ2n) is 8.41. The van der Waals surface area contributed by atoms with E-state index in [9.17, 15) is 18.0 Å². The molecule has 9 heteroatoms. The molecule has 174 valence electrons. The highest BCUT2D eigenvalue weighted by Crippen LogP contribution is 2.32. The zero-order valence-corrected chi connectivity index (χ0v) is 18.5. The Labute approximate surface area is 182 Å². The maximum atomic E-state index is 12.7. The Morgan fingerprint density at radius 3 is 2.39 bits per heavy atom. The number of alkyl halides is 3. The topological polar surface area (TPSA) is 48.1 Å². The van der Waals surface area contributed by atoms with Crippen LogP contribution in [0.4, 0.5) is 23.7 Å². The van der Waals surface area contributed by atoms with Gasteiger partial charge in [0.05, 0.1) is 6.10 Å². The average molecular weight is 443 g/mol. The number of urea groups is 1. The molecule has 2 aliphatic heterocycles. The van der Waals surface area contributed by atoms with E-state index in [0.717, 1.165) is 32.1 Å². The summed E-state index contributed by atoms with van der Waals surface area (Å²) in [6.07, 6.45) is -5.51. The van der Waals surface area contributed by atoms with Crippen LogP contribution in [0.25, 0.3) is 0 Å². The third kappa shape index (κ3) is 5.83. The lowest BCUT2D eigenvalue weighted by atomic mass is 9.91. The van der Waals surface area contributed by atoms with E-state index in [1.54, 1.807) is 0 Å². The van der Waals surface area contributed by atoms with Crippen molar-refractivity contribution in [1.29, 1.82) is 0 Å². The van der Waals surface area contributed by atoms with Gasteiger partial charge in [-0.1, -0.05) is 19.1 Å². The molecule has 6 nitrogen and oxygen atoms in total. The number of halogens is 3. The monoisotopic (exact) mass is 442 g/mol. The number of rotatable bonds is 9. The highest BCUT2D eigenvalue weighted by molar-refractivity contribution is 5.75. The molecule has 1 N–H and O–H groups in total. The van der Waals surface area contributed by atoms with Gasteiger partial charge in [0.1, 0.15) is 0 Å². The predicted octanol–water partition coefficient (Wildman–Crippen LogP) is 3.29. The fourth-order valence-electron chi connectivity index (χ4n) is 3.92. The summed E-state index contributed by atoms with van der Waals surface area (Å²) in [5, 5.41) is 3.09. The number of likely N-dealkylation sites (tertiary alicyclic amines) is 1. The average Bonchev–Trinajstić information content (AvgIpc) is 2.66. The van der Waals surface area contributed by atoms with Crippen molar-refractivity contribution < 1.29 is 22.7 Å². The van der Waals surface area contributed by atoms with Gasteiger partial charge >= 0.3 is 12.2 Å². The Kier molecular flexibility index (Phi) is 7.69. The van der Waals surface area contributed by atoms with Crippen LogP contribution in [-0.2, 0) is 4.74 Å². The molecule has 1 unspecified atom stereocenters. The van der Waals surface area contributed by atoms with E-state index in [1.165, 1.54) is 5.56 Å². The van der Waals surface area contributed by atoms with Gasteiger partial charge in [0, 0.05) is 57.4 Å². The van der Waals surface area contributed by atoms with Gasteiger partial charge < -0.3 is 24.8 Å². The maximum absolute atomic E-state index is 12.7. The first-order valence-electron chi connectivity index (χ1n) is 11.0. The number of hydrogen-bond donors (Lipinski definition) is 1. The summed E-state index contributed by atoms with van der Waals surface area (Å²) >= 11 is 0. The van der Waals surface area contributed by atoms with Gasteiger partial charge in [-0.05, 0) is 38.1 Å². The van der Waals surface area contributed by atoms with Crippen molar-refractivity contribution in [2.75, 3.05) is 57.8 Å². The largest absolute Gasteiger partial charge is 0.414 e. The van der Waals surface area contributed by atoms with Gasteiger partial charge in [-0.3, -0.25) is 0 Å². The summed E-state index contributed by atoms with van der Waals surface area (Å²) in [4.78, 5) is 18.5. The molecule has 1 atom stereocenters. The normalized spacial score (nSPS) is 18.5. The predicted molar refractivity (Wildman–Crippen MR) is 115 cm³/mol. The highest BCUT2D eigenvalue weighted by Gasteiger charge is 2.41. The summed E-state index contributed by atoms with van der Waals surface area (Å²) in [5.74, 6) is 0.325. The number of anilines is 1. The van der Waals surface area contributed by atoms with Gasteiger partial charge in [-0.25, -0.2) is 4.79 Å². The summed E-state index contributed by atoms with van der Waals surface area (Å²) < 4.78 is 42.9. The van der Waals surface area contributed by atoms with E-state index in [4.69, 9.17) is 4.74 Å². The van der Waals surface area contributed by atoms with E-state index in [0.29, 0.717) is 38.6 Å². The molecule has 2 fully saturated rings. The zero-order chi connectivity index (χ0) is 22.6. The van der Waals surface area contributed by atoms with E-state index >= 15 is 0 Å². The van der Waals surface area contributed by atoms with Crippen LogP contribution < -0.4 is 10.2 Å². The Bertz CT molecular complexity index is 716. The second kappa shape index (κ2) is 10.1. The molecule has 0 aliphatic carbocycles. The number of hydrogen-bond acceptors (Lipinski definition) is 4. The third-order valence-electron chi connectivity index (χ3n) is 5.98. The lowest BCUT2D eigenvalue weighted by Crippen LogP contribution is -2.55. The molecule has 0 radical (unpaired) electrons. The van der Waals surface area contributed by atoms with E-state index in [-0.39, 0.29) is 6.03 Å². The SMILES string of the molecule is CCCN(CCNC)C(=O)N1CC(c2ccc(N3CC(OC(C)C(F)(F)F)C3)cc2)C1. The number of nitrogens with one attached hydrogen (secondary N) is 1. The first kappa shape index (κ1) is 23.7. The van der Waals surface area contributed by atoms with Gasteiger partial charge in [-0.2, -0.15) is 13.2 Å². The Hall–Kier alpha value is -2.00. The fourth-order valence-corrected chi connectivity index (χ4v) is 3.92. The molecule has 0 aromatic heterocycles. The quantitative estimate of drug-likeness (QED) is 0.638. The number of ether oxygens (including phenoxy) is 1. The van der Waals surface area contributed by atoms with Crippen molar-refractivity contribution in [3.63, 3.8) is 0 Å². The minimum Gasteiger partial charge on any atom is -0.366 e. The Morgan fingerprint density at radius 2 is 1.84 bits per heavy atom. The number of benzene rings is 1. The van der Waals surface area contributed by atoms with Crippen LogP contribution >= 0.6 is 0 Å². The van der Waals surface area contributed by atoms with Crippen molar-refractivity contribution in [2.45, 2.75) is 44.6 Å². The van der Waals surface area contributed by atoms with Crippen LogP contribution in [0.5, 0.6) is 0 Å². The van der Waals surface area contributed by atoms with Gasteiger partial charge in [0.15, 0.2) is 6.10 Å². The summed E-state index contributed by atoms with van der Waals surface area (Å²) in [6, 6.07) is 8.21. The first-order chi connectivity index (χ1) is 14.7. The molecular formula is C22H33F3N4O2. The van der Waals surface area contributed by atoms with Gasteiger partial charge in [0.2, 0.25) is 0 Å². The van der Waals surface area contributed by atoms with E-state index < -0.39 is 18.4 Å². The zero-order valence-electron chi connectivity index (χ0n) is 18.5. The number of amides is 2. The Morgan fingerprint density at radius 1 is 1.19 bits per heavy atom. The van der Waals surface area contributed by atoms with Crippen LogP contribution in [0, 0.1) is 0 Å². The van der Waals surface area contributed by atoms with Gasteiger partial charge in [-0.15, -0.1) is 0 Å². The molecule has 3 rings (SSSR count). The molecule has 0 spiro atoms. The van der Waals surface area contributed by atoms with E-state index in [2.05, 4.69) is 24.4 Å². The van der Waals surface area contributed by atoms with Crippen LogP contribution in [0.2, 0.25) is 0 Å². The van der Waals surface area contributed by atoms with Crippen molar-refractivity contribution >= 4 is 11.7 Å². The molecule has 2 amide bonds. The first-order valence-corrected chi connectivity index (χ1v) is 11.0. The molecule has 1 aromatic carbocycles. The number of carbonyl (C=O) groups is 1. The van der Waals surface area contributed by atoms with Crippen molar-refractivity contribution in [3.8, 4) is 0 Å². The number of nitrogens with zero attached hydrogens (tertiary/aromatic N) is 3. The second-order valence-corrected chi connectivity index (χ2v) is 8.41. The number of carbonyl (C=O) groups excluding carboxylic acids is 1.